The largest absolute Gasteiger partial charge is 0.322 e. The molecule has 1 aliphatic heterocycles. The Kier molecular flexibility index (Phi) is 5.34. The Morgan fingerprint density at radius 1 is 1.22 bits per heavy atom. The van der Waals surface area contributed by atoms with Crippen LogP contribution in [0.25, 0.3) is 0 Å². The van der Waals surface area contributed by atoms with Crippen molar-refractivity contribution in [1.29, 1.82) is 0 Å². The van der Waals surface area contributed by atoms with E-state index in [2.05, 4.69) is 35.8 Å². The number of nitrogens with zero attached hydrogens (tertiary/aromatic N) is 1. The first-order valence-electron chi connectivity index (χ1n) is 8.48. The molecule has 1 aromatic heterocycles. The Labute approximate surface area is 142 Å². The van der Waals surface area contributed by atoms with E-state index < -0.39 is 0 Å². The molecule has 1 aliphatic rings. The third-order valence-electron chi connectivity index (χ3n) is 4.53. The van der Waals surface area contributed by atoms with E-state index in [0.717, 1.165) is 31.5 Å². The van der Waals surface area contributed by atoms with Crippen molar-refractivity contribution < 1.29 is 4.79 Å². The first-order valence-corrected chi connectivity index (χ1v) is 9.36. The van der Waals surface area contributed by atoms with Gasteiger partial charge in [-0.1, -0.05) is 44.0 Å². The summed E-state index contributed by atoms with van der Waals surface area (Å²) in [5.41, 5.74) is 2.12. The van der Waals surface area contributed by atoms with Gasteiger partial charge in [-0.15, -0.1) is 11.3 Å². The molecule has 23 heavy (non-hydrogen) atoms. The van der Waals surface area contributed by atoms with Crippen LogP contribution in [0.2, 0.25) is 0 Å². The third kappa shape index (κ3) is 3.75. The number of aryl methyl sites for hydroxylation is 1. The van der Waals surface area contributed by atoms with Crippen LogP contribution < -0.4 is 5.32 Å². The van der Waals surface area contributed by atoms with E-state index in [4.69, 9.17) is 0 Å². The van der Waals surface area contributed by atoms with Gasteiger partial charge in [-0.05, 0) is 42.3 Å². The molecule has 1 atom stereocenters. The minimum atomic E-state index is 0.0335. The summed E-state index contributed by atoms with van der Waals surface area (Å²) in [7, 11) is 0. The lowest BCUT2D eigenvalue weighted by atomic mass is 10.1. The first-order chi connectivity index (χ1) is 11.3. The molecule has 2 heterocycles. The predicted molar refractivity (Wildman–Crippen MR) is 97.1 cm³/mol. The summed E-state index contributed by atoms with van der Waals surface area (Å²) in [4.78, 5) is 16.2. The van der Waals surface area contributed by atoms with Gasteiger partial charge < -0.3 is 10.2 Å². The van der Waals surface area contributed by atoms with Gasteiger partial charge in [-0.3, -0.25) is 0 Å². The lowest BCUT2D eigenvalue weighted by Gasteiger charge is -2.30. The van der Waals surface area contributed by atoms with Crippen LogP contribution in [-0.2, 0) is 6.42 Å². The van der Waals surface area contributed by atoms with Gasteiger partial charge >= 0.3 is 6.03 Å². The van der Waals surface area contributed by atoms with Crippen LogP contribution in [0.1, 0.15) is 49.1 Å². The number of urea groups is 1. The highest BCUT2D eigenvalue weighted by Gasteiger charge is 2.27. The molecule has 4 heteroatoms. The second-order valence-corrected chi connectivity index (χ2v) is 6.99. The highest BCUT2D eigenvalue weighted by atomic mass is 32.1. The normalized spacial score (nSPS) is 18.5. The lowest BCUT2D eigenvalue weighted by Crippen LogP contribution is -2.38. The van der Waals surface area contributed by atoms with E-state index in [1.54, 1.807) is 11.3 Å². The smallest absolute Gasteiger partial charge is 0.317 e. The van der Waals surface area contributed by atoms with Crippen LogP contribution >= 0.6 is 11.3 Å². The molecule has 0 aliphatic carbocycles. The van der Waals surface area contributed by atoms with Gasteiger partial charge in [0.1, 0.15) is 0 Å². The summed E-state index contributed by atoms with van der Waals surface area (Å²) in [6, 6.07) is 12.6. The third-order valence-corrected chi connectivity index (χ3v) is 5.50. The summed E-state index contributed by atoms with van der Waals surface area (Å²) in [6.07, 6.45) is 5.47. The van der Waals surface area contributed by atoms with Gasteiger partial charge in [0, 0.05) is 17.1 Å². The molecule has 122 valence electrons. The molecule has 3 rings (SSSR count). The quantitative estimate of drug-likeness (QED) is 0.797. The number of nitrogens with one attached hydrogen (secondary N) is 1. The average Bonchev–Trinajstić information content (AvgIpc) is 2.99. The van der Waals surface area contributed by atoms with Crippen LogP contribution in [0.15, 0.2) is 41.8 Å². The molecule has 2 aromatic rings. The van der Waals surface area contributed by atoms with Crippen LogP contribution in [0.3, 0.4) is 0 Å². The summed E-state index contributed by atoms with van der Waals surface area (Å²) < 4.78 is 0. The number of thiophene rings is 1. The average molecular weight is 328 g/mol. The van der Waals surface area contributed by atoms with Crippen molar-refractivity contribution in [3.05, 3.63) is 52.2 Å². The first kappa shape index (κ1) is 16.1. The Balaban J connectivity index is 1.80. The summed E-state index contributed by atoms with van der Waals surface area (Å²) in [5.74, 6) is 0. The van der Waals surface area contributed by atoms with Gasteiger partial charge in [0.25, 0.3) is 0 Å². The molecule has 1 aromatic carbocycles. The summed E-state index contributed by atoms with van der Waals surface area (Å²) in [5, 5.41) is 5.24. The maximum Gasteiger partial charge on any atom is 0.322 e. The maximum absolute atomic E-state index is 12.9. The number of likely N-dealkylation sites (tertiary alicyclic amines) is 1. The van der Waals surface area contributed by atoms with E-state index in [-0.39, 0.29) is 12.1 Å². The molecule has 0 saturated carbocycles. The zero-order valence-electron chi connectivity index (χ0n) is 13.6. The molecule has 3 nitrogen and oxygen atoms in total. The van der Waals surface area contributed by atoms with Crippen LogP contribution in [-0.4, -0.2) is 17.5 Å². The minimum Gasteiger partial charge on any atom is -0.317 e. The highest BCUT2D eigenvalue weighted by molar-refractivity contribution is 7.10. The molecule has 2 amide bonds. The standard InChI is InChI=1S/C19H24N2OS/c1-2-15-9-5-6-10-16(15)20-19(22)21-13-7-3-4-11-17(21)18-12-8-14-23-18/h5-6,8-10,12,14,17H,2-4,7,11,13H2,1H3,(H,20,22)/t17-/m1/s1. The lowest BCUT2D eigenvalue weighted by molar-refractivity contribution is 0.190. The zero-order chi connectivity index (χ0) is 16.1. The second-order valence-electron chi connectivity index (χ2n) is 6.01. The number of hydrogen-bond acceptors (Lipinski definition) is 2. The molecule has 1 fully saturated rings. The predicted octanol–water partition coefficient (Wildman–Crippen LogP) is 5.46. The van der Waals surface area contributed by atoms with Gasteiger partial charge in [0.05, 0.1) is 6.04 Å². The van der Waals surface area contributed by atoms with E-state index in [0.29, 0.717) is 0 Å². The van der Waals surface area contributed by atoms with Gasteiger partial charge in [-0.25, -0.2) is 4.79 Å². The van der Waals surface area contributed by atoms with E-state index in [1.807, 2.05) is 23.1 Å². The van der Waals surface area contributed by atoms with Crippen LogP contribution in [0.5, 0.6) is 0 Å². The van der Waals surface area contributed by atoms with E-state index >= 15 is 0 Å². The minimum absolute atomic E-state index is 0.0335. The molecular formula is C19H24N2OS. The number of hydrogen-bond donors (Lipinski definition) is 1. The SMILES string of the molecule is CCc1ccccc1NC(=O)N1CCCCC[C@@H]1c1cccs1. The van der Waals surface area contributed by atoms with Crippen molar-refractivity contribution >= 4 is 23.1 Å². The molecule has 1 N–H and O–H groups in total. The maximum atomic E-state index is 12.9. The number of anilines is 1. The molecule has 0 spiro atoms. The molecule has 1 saturated heterocycles. The van der Waals surface area contributed by atoms with Crippen LogP contribution in [0.4, 0.5) is 10.5 Å². The number of amides is 2. The van der Waals surface area contributed by atoms with E-state index in [9.17, 15) is 4.79 Å². The van der Waals surface area contributed by atoms with Gasteiger partial charge in [0.2, 0.25) is 0 Å². The van der Waals surface area contributed by atoms with Crippen molar-refractivity contribution in [3.8, 4) is 0 Å². The Morgan fingerprint density at radius 2 is 2.09 bits per heavy atom. The fourth-order valence-corrected chi connectivity index (χ4v) is 4.14. The summed E-state index contributed by atoms with van der Waals surface area (Å²) in [6.45, 7) is 2.95. The Hall–Kier alpha value is -1.81. The highest BCUT2D eigenvalue weighted by Crippen LogP contribution is 2.33. The van der Waals surface area contributed by atoms with Crippen molar-refractivity contribution in [2.24, 2.45) is 0 Å². The number of rotatable bonds is 3. The van der Waals surface area contributed by atoms with Gasteiger partial charge in [-0.2, -0.15) is 0 Å². The second kappa shape index (κ2) is 7.64. The van der Waals surface area contributed by atoms with Gasteiger partial charge in [0.15, 0.2) is 0 Å². The van der Waals surface area contributed by atoms with Crippen molar-refractivity contribution in [2.45, 2.75) is 45.1 Å². The molecule has 0 radical (unpaired) electrons. The van der Waals surface area contributed by atoms with Crippen molar-refractivity contribution in [1.82, 2.24) is 4.90 Å². The number of carbonyl (C=O) groups excluding carboxylic acids is 1. The summed E-state index contributed by atoms with van der Waals surface area (Å²) >= 11 is 1.75. The number of benzene rings is 1. The monoisotopic (exact) mass is 328 g/mol. The Morgan fingerprint density at radius 3 is 2.87 bits per heavy atom. The molecule has 0 bridgehead atoms. The topological polar surface area (TPSA) is 32.3 Å². The fourth-order valence-electron chi connectivity index (χ4n) is 3.27. The van der Waals surface area contributed by atoms with Crippen molar-refractivity contribution in [3.63, 3.8) is 0 Å². The zero-order valence-corrected chi connectivity index (χ0v) is 14.4. The number of carbonyl (C=O) groups is 1. The Bertz CT molecular complexity index is 639. The van der Waals surface area contributed by atoms with Crippen molar-refractivity contribution in [2.75, 3.05) is 11.9 Å². The van der Waals surface area contributed by atoms with Crippen LogP contribution in [0, 0.1) is 0 Å². The van der Waals surface area contributed by atoms with E-state index in [1.165, 1.54) is 23.3 Å². The fraction of sp³-hybridized carbons (Fsp3) is 0.421. The molecular weight excluding hydrogens is 304 g/mol. The molecule has 0 unspecified atom stereocenters. The number of para-hydroxylation sites is 1.